The van der Waals surface area contributed by atoms with Crippen molar-refractivity contribution >= 4 is 23.2 Å². The van der Waals surface area contributed by atoms with Gasteiger partial charge in [-0.2, -0.15) is 0 Å². The molecule has 0 spiro atoms. The Kier molecular flexibility index (Phi) is 4.50. The summed E-state index contributed by atoms with van der Waals surface area (Å²) in [6.45, 7) is 7.96. The van der Waals surface area contributed by atoms with Crippen molar-refractivity contribution in [2.75, 3.05) is 5.32 Å². The quantitative estimate of drug-likeness (QED) is 0.879. The van der Waals surface area contributed by atoms with Crippen LogP contribution in [0.1, 0.15) is 52.9 Å². The van der Waals surface area contributed by atoms with Gasteiger partial charge in [0.15, 0.2) is 11.6 Å². The summed E-state index contributed by atoms with van der Waals surface area (Å²) < 4.78 is 1.85. The summed E-state index contributed by atoms with van der Waals surface area (Å²) in [6, 6.07) is 7.30. The molecule has 2 rings (SSSR count). The molecule has 0 bridgehead atoms. The summed E-state index contributed by atoms with van der Waals surface area (Å²) in [4.78, 5) is 35.5. The third-order valence-electron chi connectivity index (χ3n) is 3.80. The van der Waals surface area contributed by atoms with Crippen LogP contribution in [-0.4, -0.2) is 22.0 Å². The maximum atomic E-state index is 12.0. The maximum absolute atomic E-state index is 12.0. The van der Waals surface area contributed by atoms with E-state index >= 15 is 0 Å². The third-order valence-corrected chi connectivity index (χ3v) is 3.80. The van der Waals surface area contributed by atoms with Gasteiger partial charge in [-0.25, -0.2) is 0 Å². The Hall–Kier alpha value is -2.69. The Morgan fingerprint density at radius 2 is 1.35 bits per heavy atom. The largest absolute Gasteiger partial charge is 0.325 e. The number of amides is 1. The second kappa shape index (κ2) is 6.20. The van der Waals surface area contributed by atoms with Crippen LogP contribution in [0.4, 0.5) is 5.69 Å². The number of aromatic nitrogens is 1. The minimum Gasteiger partial charge on any atom is -0.325 e. The predicted octanol–water partition coefficient (Wildman–Crippen LogP) is 3.46. The molecule has 120 valence electrons. The molecular formula is C18H20N2O3. The number of Topliss-reactive ketones (excluding diaryl/α,β-unsaturated/α-hetero) is 2. The standard InChI is InChI=1S/C18H20N2O3/c1-10-17(12(3)21)18(13(4)22)11(2)20(10)16-9-7-6-8-15(16)19-14(5)23/h6-9H,1-5H3,(H,19,23). The minimum atomic E-state index is -0.182. The lowest BCUT2D eigenvalue weighted by Crippen LogP contribution is -2.10. The molecule has 0 fully saturated rings. The highest BCUT2D eigenvalue weighted by atomic mass is 16.1. The number of nitrogens with zero attached hydrogens (tertiary/aromatic N) is 1. The Morgan fingerprint density at radius 3 is 1.78 bits per heavy atom. The van der Waals surface area contributed by atoms with Crippen LogP contribution in [0, 0.1) is 13.8 Å². The van der Waals surface area contributed by atoms with Crippen molar-refractivity contribution in [2.45, 2.75) is 34.6 Å². The number of rotatable bonds is 4. The second-order valence-electron chi connectivity index (χ2n) is 5.57. The first-order valence-electron chi connectivity index (χ1n) is 7.36. The third kappa shape index (κ3) is 2.95. The van der Waals surface area contributed by atoms with Gasteiger partial charge in [0.25, 0.3) is 0 Å². The molecule has 0 saturated carbocycles. The van der Waals surface area contributed by atoms with Gasteiger partial charge in [0.2, 0.25) is 5.91 Å². The Balaban J connectivity index is 2.81. The monoisotopic (exact) mass is 312 g/mol. The summed E-state index contributed by atoms with van der Waals surface area (Å²) in [5, 5.41) is 2.78. The topological polar surface area (TPSA) is 68.2 Å². The Labute approximate surface area is 135 Å². The molecule has 0 aliphatic carbocycles. The van der Waals surface area contributed by atoms with Crippen molar-refractivity contribution < 1.29 is 14.4 Å². The lowest BCUT2D eigenvalue weighted by molar-refractivity contribution is -0.114. The highest BCUT2D eigenvalue weighted by Gasteiger charge is 2.25. The fraction of sp³-hybridized carbons (Fsp3) is 0.278. The second-order valence-corrected chi connectivity index (χ2v) is 5.57. The number of ketones is 2. The van der Waals surface area contributed by atoms with E-state index in [9.17, 15) is 14.4 Å². The Morgan fingerprint density at radius 1 is 0.870 bits per heavy atom. The van der Waals surface area contributed by atoms with E-state index in [1.165, 1.54) is 20.8 Å². The van der Waals surface area contributed by atoms with Crippen LogP contribution in [0.2, 0.25) is 0 Å². The molecule has 0 aliphatic rings. The van der Waals surface area contributed by atoms with E-state index in [1.54, 1.807) is 19.9 Å². The SMILES string of the molecule is CC(=O)Nc1ccccc1-n1c(C)c(C(C)=O)c(C(C)=O)c1C. The van der Waals surface area contributed by atoms with Gasteiger partial charge in [0.05, 0.1) is 11.4 Å². The van der Waals surface area contributed by atoms with E-state index in [2.05, 4.69) is 5.32 Å². The van der Waals surface area contributed by atoms with Crippen LogP contribution >= 0.6 is 0 Å². The number of para-hydroxylation sites is 2. The summed E-state index contributed by atoms with van der Waals surface area (Å²) in [6.07, 6.45) is 0. The van der Waals surface area contributed by atoms with E-state index in [0.717, 1.165) is 5.69 Å². The van der Waals surface area contributed by atoms with Crippen molar-refractivity contribution in [2.24, 2.45) is 0 Å². The number of nitrogens with one attached hydrogen (secondary N) is 1. The number of anilines is 1. The van der Waals surface area contributed by atoms with Gasteiger partial charge in [-0.1, -0.05) is 12.1 Å². The molecule has 1 heterocycles. The number of carbonyl (C=O) groups excluding carboxylic acids is 3. The zero-order valence-corrected chi connectivity index (χ0v) is 14.0. The molecule has 1 aromatic carbocycles. The van der Waals surface area contributed by atoms with E-state index in [1.807, 2.05) is 22.8 Å². The van der Waals surface area contributed by atoms with Crippen LogP contribution in [0.15, 0.2) is 24.3 Å². The average molecular weight is 312 g/mol. The number of carbonyl (C=O) groups is 3. The molecule has 1 aromatic heterocycles. The molecule has 1 N–H and O–H groups in total. The first kappa shape index (κ1) is 16.7. The number of hydrogen-bond donors (Lipinski definition) is 1. The fourth-order valence-electron chi connectivity index (χ4n) is 3.02. The first-order chi connectivity index (χ1) is 10.8. The Bertz CT molecular complexity index is 778. The summed E-state index contributed by atoms with van der Waals surface area (Å²) in [5.41, 5.74) is 3.62. The van der Waals surface area contributed by atoms with Gasteiger partial charge in [-0.3, -0.25) is 14.4 Å². The van der Waals surface area contributed by atoms with Crippen molar-refractivity contribution in [1.29, 1.82) is 0 Å². The molecule has 0 saturated heterocycles. The summed E-state index contributed by atoms with van der Waals surface area (Å²) in [7, 11) is 0. The van der Waals surface area contributed by atoms with Gasteiger partial charge in [-0.15, -0.1) is 0 Å². The number of benzene rings is 1. The zero-order valence-electron chi connectivity index (χ0n) is 14.0. The molecule has 0 atom stereocenters. The van der Waals surface area contributed by atoms with E-state index in [-0.39, 0.29) is 17.5 Å². The van der Waals surface area contributed by atoms with Crippen molar-refractivity contribution in [3.63, 3.8) is 0 Å². The molecule has 2 aromatic rings. The maximum Gasteiger partial charge on any atom is 0.221 e. The van der Waals surface area contributed by atoms with Crippen LogP contribution in [0.5, 0.6) is 0 Å². The number of hydrogen-bond acceptors (Lipinski definition) is 3. The van der Waals surface area contributed by atoms with Crippen molar-refractivity contribution in [3.05, 3.63) is 46.8 Å². The van der Waals surface area contributed by atoms with E-state index < -0.39 is 0 Å². The lowest BCUT2D eigenvalue weighted by atomic mass is 10.0. The highest BCUT2D eigenvalue weighted by molar-refractivity contribution is 6.09. The van der Waals surface area contributed by atoms with Crippen molar-refractivity contribution in [3.8, 4) is 5.69 Å². The molecule has 5 nitrogen and oxygen atoms in total. The highest BCUT2D eigenvalue weighted by Crippen LogP contribution is 2.30. The summed E-state index contributed by atoms with van der Waals surface area (Å²) >= 11 is 0. The predicted molar refractivity (Wildman–Crippen MR) is 89.6 cm³/mol. The molecule has 0 unspecified atom stereocenters. The van der Waals surface area contributed by atoms with Crippen LogP contribution in [-0.2, 0) is 4.79 Å². The molecular weight excluding hydrogens is 292 g/mol. The molecule has 0 aliphatic heterocycles. The summed E-state index contributed by atoms with van der Waals surface area (Å²) in [5.74, 6) is -0.475. The van der Waals surface area contributed by atoms with Crippen LogP contribution in [0.25, 0.3) is 5.69 Å². The lowest BCUT2D eigenvalue weighted by Gasteiger charge is -2.15. The molecule has 0 radical (unpaired) electrons. The van der Waals surface area contributed by atoms with Gasteiger partial charge in [0.1, 0.15) is 0 Å². The van der Waals surface area contributed by atoms with E-state index in [0.29, 0.717) is 28.2 Å². The van der Waals surface area contributed by atoms with Crippen molar-refractivity contribution in [1.82, 2.24) is 4.57 Å². The minimum absolute atomic E-state index is 0.147. The van der Waals surface area contributed by atoms with E-state index in [4.69, 9.17) is 0 Å². The van der Waals surface area contributed by atoms with Crippen LogP contribution < -0.4 is 5.32 Å². The first-order valence-corrected chi connectivity index (χ1v) is 7.36. The van der Waals surface area contributed by atoms with Crippen LogP contribution in [0.3, 0.4) is 0 Å². The van der Waals surface area contributed by atoms with Gasteiger partial charge in [-0.05, 0) is 39.8 Å². The fourth-order valence-corrected chi connectivity index (χ4v) is 3.02. The van der Waals surface area contributed by atoms with Gasteiger partial charge < -0.3 is 9.88 Å². The normalized spacial score (nSPS) is 10.5. The molecule has 23 heavy (non-hydrogen) atoms. The van der Waals surface area contributed by atoms with Gasteiger partial charge in [0, 0.05) is 29.4 Å². The average Bonchev–Trinajstić information content (AvgIpc) is 2.70. The zero-order chi connectivity index (χ0) is 17.3. The van der Waals surface area contributed by atoms with Gasteiger partial charge >= 0.3 is 0 Å². The molecule has 1 amide bonds. The smallest absolute Gasteiger partial charge is 0.221 e. The molecule has 5 heteroatoms.